The van der Waals surface area contributed by atoms with E-state index in [4.69, 9.17) is 27.5 Å². The Kier molecular flexibility index (Phi) is 3.78. The third kappa shape index (κ3) is 2.44. The van der Waals surface area contributed by atoms with Crippen molar-refractivity contribution in [1.29, 1.82) is 5.41 Å². The quantitative estimate of drug-likeness (QED) is 0.652. The van der Waals surface area contributed by atoms with Gasteiger partial charge in [-0.15, -0.1) is 0 Å². The number of benzene rings is 1. The lowest BCUT2D eigenvalue weighted by Gasteiger charge is -2.30. The molecule has 0 bridgehead atoms. The summed E-state index contributed by atoms with van der Waals surface area (Å²) in [4.78, 5) is 2.11. The standard InChI is InChI=1S/C13H18ClN3O/c1-8-11(5-6-18-8)17(2)12-7-9(14)3-4-10(12)13(15)16/h3-4,7-8,11H,5-6H2,1-2H3,(H3,15,16). The fourth-order valence-electron chi connectivity index (χ4n) is 2.43. The number of hydrogen-bond donors (Lipinski definition) is 2. The number of amidine groups is 1. The van der Waals surface area contributed by atoms with Gasteiger partial charge in [-0.3, -0.25) is 5.41 Å². The first kappa shape index (κ1) is 13.2. The molecule has 1 aliphatic rings. The number of likely N-dealkylation sites (N-methyl/N-ethyl adjacent to an activating group) is 1. The molecule has 2 rings (SSSR count). The van der Waals surface area contributed by atoms with Crippen molar-refractivity contribution < 1.29 is 4.74 Å². The Morgan fingerprint density at radius 3 is 2.83 bits per heavy atom. The highest BCUT2D eigenvalue weighted by molar-refractivity contribution is 6.31. The molecule has 2 atom stereocenters. The number of hydrogen-bond acceptors (Lipinski definition) is 3. The minimum atomic E-state index is 0.0556. The molecule has 1 aliphatic heterocycles. The van der Waals surface area contributed by atoms with Crippen LogP contribution in [0.3, 0.4) is 0 Å². The maximum absolute atomic E-state index is 7.64. The molecule has 2 unspecified atom stereocenters. The van der Waals surface area contributed by atoms with E-state index in [0.29, 0.717) is 16.6 Å². The van der Waals surface area contributed by atoms with Gasteiger partial charge < -0.3 is 15.4 Å². The van der Waals surface area contributed by atoms with Crippen LogP contribution in [-0.4, -0.2) is 31.6 Å². The molecule has 0 aromatic heterocycles. The summed E-state index contributed by atoms with van der Waals surface area (Å²) in [6.45, 7) is 2.83. The first-order valence-electron chi connectivity index (χ1n) is 5.99. The molecule has 1 heterocycles. The number of anilines is 1. The molecule has 5 heteroatoms. The van der Waals surface area contributed by atoms with Crippen molar-refractivity contribution in [1.82, 2.24) is 0 Å². The summed E-state index contributed by atoms with van der Waals surface area (Å²) in [5.74, 6) is 0.0556. The molecule has 0 spiro atoms. The van der Waals surface area contributed by atoms with Crippen molar-refractivity contribution >= 4 is 23.1 Å². The van der Waals surface area contributed by atoms with E-state index in [1.165, 1.54) is 0 Å². The molecule has 3 N–H and O–H groups in total. The van der Waals surface area contributed by atoms with Crippen LogP contribution in [0.2, 0.25) is 5.02 Å². The zero-order chi connectivity index (χ0) is 13.3. The zero-order valence-electron chi connectivity index (χ0n) is 10.6. The van der Waals surface area contributed by atoms with Crippen molar-refractivity contribution in [2.75, 3.05) is 18.6 Å². The van der Waals surface area contributed by atoms with E-state index in [1.807, 2.05) is 13.1 Å². The number of nitrogens with two attached hydrogens (primary N) is 1. The summed E-state index contributed by atoms with van der Waals surface area (Å²) in [5, 5.41) is 8.28. The fraction of sp³-hybridized carbons (Fsp3) is 0.462. The largest absolute Gasteiger partial charge is 0.384 e. The highest BCUT2D eigenvalue weighted by Gasteiger charge is 2.29. The van der Waals surface area contributed by atoms with Crippen LogP contribution in [0, 0.1) is 5.41 Å². The van der Waals surface area contributed by atoms with Gasteiger partial charge in [0.2, 0.25) is 0 Å². The highest BCUT2D eigenvalue weighted by Crippen LogP contribution is 2.29. The van der Waals surface area contributed by atoms with Crippen molar-refractivity contribution in [2.45, 2.75) is 25.5 Å². The van der Waals surface area contributed by atoms with E-state index >= 15 is 0 Å². The molecular formula is C13H18ClN3O. The number of nitrogens with zero attached hydrogens (tertiary/aromatic N) is 1. The third-order valence-electron chi connectivity index (χ3n) is 3.46. The summed E-state index contributed by atoms with van der Waals surface area (Å²) in [7, 11) is 1.99. The lowest BCUT2D eigenvalue weighted by molar-refractivity contribution is 0.118. The Morgan fingerprint density at radius 2 is 2.28 bits per heavy atom. The van der Waals surface area contributed by atoms with E-state index in [2.05, 4.69) is 11.8 Å². The molecule has 98 valence electrons. The summed E-state index contributed by atoms with van der Waals surface area (Å²) < 4.78 is 5.58. The second kappa shape index (κ2) is 5.16. The SMILES string of the molecule is CC1OCCC1N(C)c1cc(Cl)ccc1C(=N)N. The molecule has 1 fully saturated rings. The van der Waals surface area contributed by atoms with E-state index in [0.717, 1.165) is 18.7 Å². The first-order chi connectivity index (χ1) is 8.50. The highest BCUT2D eigenvalue weighted by atomic mass is 35.5. The first-order valence-corrected chi connectivity index (χ1v) is 6.37. The van der Waals surface area contributed by atoms with Crippen molar-refractivity contribution in [3.63, 3.8) is 0 Å². The van der Waals surface area contributed by atoms with Crippen LogP contribution in [0.15, 0.2) is 18.2 Å². The Balaban J connectivity index is 2.36. The fourth-order valence-corrected chi connectivity index (χ4v) is 2.60. The molecular weight excluding hydrogens is 250 g/mol. The van der Waals surface area contributed by atoms with Gasteiger partial charge in [0.05, 0.1) is 12.1 Å². The molecule has 18 heavy (non-hydrogen) atoms. The second-order valence-corrected chi connectivity index (χ2v) is 5.05. The number of nitrogen functional groups attached to an aromatic ring is 1. The van der Waals surface area contributed by atoms with Crippen molar-refractivity contribution in [3.8, 4) is 0 Å². The maximum atomic E-state index is 7.64. The Labute approximate surface area is 112 Å². The third-order valence-corrected chi connectivity index (χ3v) is 3.70. The van der Waals surface area contributed by atoms with Crippen molar-refractivity contribution in [2.24, 2.45) is 5.73 Å². The van der Waals surface area contributed by atoms with Crippen LogP contribution < -0.4 is 10.6 Å². The molecule has 0 saturated carbocycles. The number of halogens is 1. The van der Waals surface area contributed by atoms with Crippen LogP contribution in [0.25, 0.3) is 0 Å². The molecule has 1 aromatic carbocycles. The van der Waals surface area contributed by atoms with E-state index < -0.39 is 0 Å². The average molecular weight is 268 g/mol. The van der Waals surface area contributed by atoms with Gasteiger partial charge in [-0.2, -0.15) is 0 Å². The van der Waals surface area contributed by atoms with Gasteiger partial charge in [0, 0.05) is 29.9 Å². The summed E-state index contributed by atoms with van der Waals surface area (Å²) in [6, 6.07) is 5.69. The molecule has 1 aromatic rings. The topological polar surface area (TPSA) is 62.3 Å². The second-order valence-electron chi connectivity index (χ2n) is 4.62. The molecule has 1 saturated heterocycles. The monoisotopic (exact) mass is 267 g/mol. The molecule has 4 nitrogen and oxygen atoms in total. The maximum Gasteiger partial charge on any atom is 0.124 e. The predicted octanol–water partition coefficient (Wildman–Crippen LogP) is 2.24. The smallest absolute Gasteiger partial charge is 0.124 e. The summed E-state index contributed by atoms with van der Waals surface area (Å²) in [5.41, 5.74) is 7.21. The van der Waals surface area contributed by atoms with Gasteiger partial charge in [0.25, 0.3) is 0 Å². The van der Waals surface area contributed by atoms with Crippen LogP contribution in [0.5, 0.6) is 0 Å². The van der Waals surface area contributed by atoms with Crippen LogP contribution in [0.4, 0.5) is 5.69 Å². The van der Waals surface area contributed by atoms with Gasteiger partial charge in [0.15, 0.2) is 0 Å². The van der Waals surface area contributed by atoms with Gasteiger partial charge in [-0.25, -0.2) is 0 Å². The minimum Gasteiger partial charge on any atom is -0.384 e. The van der Waals surface area contributed by atoms with Gasteiger partial charge in [-0.1, -0.05) is 11.6 Å². The van der Waals surface area contributed by atoms with E-state index in [-0.39, 0.29) is 11.9 Å². The molecule has 0 radical (unpaired) electrons. The van der Waals surface area contributed by atoms with E-state index in [9.17, 15) is 0 Å². The lowest BCUT2D eigenvalue weighted by atomic mass is 10.1. The van der Waals surface area contributed by atoms with Crippen molar-refractivity contribution in [3.05, 3.63) is 28.8 Å². The Bertz CT molecular complexity index is 464. The summed E-state index contributed by atoms with van der Waals surface area (Å²) >= 11 is 6.04. The van der Waals surface area contributed by atoms with Gasteiger partial charge >= 0.3 is 0 Å². The van der Waals surface area contributed by atoms with E-state index in [1.54, 1.807) is 12.1 Å². The van der Waals surface area contributed by atoms with Gasteiger partial charge in [0.1, 0.15) is 5.84 Å². The normalized spacial score (nSPS) is 23.1. The van der Waals surface area contributed by atoms with Crippen LogP contribution in [0.1, 0.15) is 18.9 Å². The number of nitrogens with one attached hydrogen (secondary N) is 1. The Morgan fingerprint density at radius 1 is 1.56 bits per heavy atom. The number of ether oxygens (including phenoxy) is 1. The Hall–Kier alpha value is -1.26. The minimum absolute atomic E-state index is 0.0556. The molecule has 0 amide bonds. The van der Waals surface area contributed by atoms with Gasteiger partial charge in [-0.05, 0) is 31.5 Å². The zero-order valence-corrected chi connectivity index (χ0v) is 11.4. The van der Waals surface area contributed by atoms with Crippen LogP contribution in [-0.2, 0) is 4.74 Å². The number of rotatable bonds is 3. The average Bonchev–Trinajstić information content (AvgIpc) is 2.74. The van der Waals surface area contributed by atoms with Crippen LogP contribution >= 0.6 is 11.6 Å². The summed E-state index contributed by atoms with van der Waals surface area (Å²) in [6.07, 6.45) is 1.15. The molecule has 0 aliphatic carbocycles. The predicted molar refractivity (Wildman–Crippen MR) is 74.7 cm³/mol. The lowest BCUT2D eigenvalue weighted by Crippen LogP contribution is -2.38.